The van der Waals surface area contributed by atoms with Crippen LogP contribution in [0, 0.1) is 0 Å². The summed E-state index contributed by atoms with van der Waals surface area (Å²) in [5, 5.41) is 3.96. The summed E-state index contributed by atoms with van der Waals surface area (Å²) in [6.45, 7) is 2.07. The molecule has 1 N–H and O–H groups in total. The number of hydrogen-bond donors (Lipinski definition) is 1. The molecular weight excluding hydrogens is 260 g/mol. The molecule has 0 aliphatic rings. The predicted octanol–water partition coefficient (Wildman–Crippen LogP) is 4.05. The van der Waals surface area contributed by atoms with Gasteiger partial charge in [0.15, 0.2) is 0 Å². The number of anilines is 1. The van der Waals surface area contributed by atoms with Crippen LogP contribution in [-0.4, -0.2) is 10.9 Å². The number of carbonyl (C=O) groups is 1. The van der Waals surface area contributed by atoms with E-state index in [1.165, 1.54) is 0 Å². The largest absolute Gasteiger partial charge is 0.322 e. The highest BCUT2D eigenvalue weighted by atomic mass is 16.1. The van der Waals surface area contributed by atoms with E-state index in [0.717, 1.165) is 28.6 Å². The lowest BCUT2D eigenvalue weighted by Gasteiger charge is -2.10. The third kappa shape index (κ3) is 2.63. The summed E-state index contributed by atoms with van der Waals surface area (Å²) in [6.07, 6.45) is 2.59. The molecule has 1 amide bonds. The Labute approximate surface area is 123 Å². The van der Waals surface area contributed by atoms with Crippen molar-refractivity contribution in [2.45, 2.75) is 13.3 Å². The number of nitrogens with one attached hydrogen (secondary N) is 1. The Morgan fingerprint density at radius 2 is 1.86 bits per heavy atom. The molecule has 21 heavy (non-hydrogen) atoms. The number of nitrogens with zero attached hydrogens (tertiary/aromatic N) is 1. The number of fused-ring (bicyclic) bond motifs is 1. The molecule has 1 aromatic heterocycles. The summed E-state index contributed by atoms with van der Waals surface area (Å²) in [7, 11) is 0. The number of hydrogen-bond acceptors (Lipinski definition) is 2. The predicted molar refractivity (Wildman–Crippen MR) is 85.5 cm³/mol. The first-order valence-corrected chi connectivity index (χ1v) is 7.02. The highest BCUT2D eigenvalue weighted by Gasteiger charge is 2.12. The minimum absolute atomic E-state index is 0.125. The Morgan fingerprint density at radius 1 is 1.05 bits per heavy atom. The second kappa shape index (κ2) is 5.75. The van der Waals surface area contributed by atoms with Gasteiger partial charge < -0.3 is 5.32 Å². The molecule has 1 heterocycles. The number of carbonyl (C=O) groups excluding carboxylic acids is 1. The number of rotatable bonds is 3. The standard InChI is InChI=1S/C18H16N2O/c1-2-13-7-3-4-11-16(13)20-18(21)15-10-5-8-14-9-6-12-19-17(14)15/h3-12H,2H2,1H3,(H,20,21). The van der Waals surface area contributed by atoms with Crippen LogP contribution in [0.2, 0.25) is 0 Å². The van der Waals surface area contributed by atoms with Gasteiger partial charge in [0, 0.05) is 17.3 Å². The highest BCUT2D eigenvalue weighted by Crippen LogP contribution is 2.20. The summed E-state index contributed by atoms with van der Waals surface area (Å²) in [6, 6.07) is 17.3. The maximum atomic E-state index is 12.5. The molecule has 0 saturated heterocycles. The third-order valence-corrected chi connectivity index (χ3v) is 3.52. The van der Waals surface area contributed by atoms with Crippen molar-refractivity contribution in [3.8, 4) is 0 Å². The molecule has 3 heteroatoms. The van der Waals surface area contributed by atoms with Crippen molar-refractivity contribution in [3.63, 3.8) is 0 Å². The van der Waals surface area contributed by atoms with Crippen LogP contribution in [-0.2, 0) is 6.42 Å². The van der Waals surface area contributed by atoms with Gasteiger partial charge in [-0.2, -0.15) is 0 Å². The molecule has 2 aromatic carbocycles. The quantitative estimate of drug-likeness (QED) is 0.784. The van der Waals surface area contributed by atoms with Gasteiger partial charge in [0.2, 0.25) is 0 Å². The molecule has 0 radical (unpaired) electrons. The summed E-state index contributed by atoms with van der Waals surface area (Å²) >= 11 is 0. The van der Waals surface area contributed by atoms with E-state index in [9.17, 15) is 4.79 Å². The molecule has 0 aliphatic carbocycles. The molecule has 0 bridgehead atoms. The molecule has 3 nitrogen and oxygen atoms in total. The van der Waals surface area contributed by atoms with Crippen molar-refractivity contribution < 1.29 is 4.79 Å². The van der Waals surface area contributed by atoms with Gasteiger partial charge in [0.05, 0.1) is 11.1 Å². The third-order valence-electron chi connectivity index (χ3n) is 3.52. The highest BCUT2D eigenvalue weighted by molar-refractivity contribution is 6.12. The van der Waals surface area contributed by atoms with Crippen molar-refractivity contribution in [1.29, 1.82) is 0 Å². The molecule has 0 saturated carbocycles. The SMILES string of the molecule is CCc1ccccc1NC(=O)c1cccc2cccnc12. The van der Waals surface area contributed by atoms with Crippen LogP contribution in [0.4, 0.5) is 5.69 Å². The van der Waals surface area contributed by atoms with Crippen LogP contribution in [0.15, 0.2) is 60.8 Å². The van der Waals surface area contributed by atoms with Gasteiger partial charge in [-0.15, -0.1) is 0 Å². The van der Waals surface area contributed by atoms with Crippen molar-refractivity contribution in [3.05, 3.63) is 71.9 Å². The molecule has 0 unspecified atom stereocenters. The van der Waals surface area contributed by atoms with E-state index in [2.05, 4.69) is 17.2 Å². The Balaban J connectivity index is 1.98. The second-order valence-corrected chi connectivity index (χ2v) is 4.85. The smallest absolute Gasteiger partial charge is 0.257 e. The van der Waals surface area contributed by atoms with Crippen molar-refractivity contribution in [2.24, 2.45) is 0 Å². The van der Waals surface area contributed by atoms with E-state index in [0.29, 0.717) is 5.56 Å². The average molecular weight is 276 g/mol. The fourth-order valence-corrected chi connectivity index (χ4v) is 2.43. The summed E-state index contributed by atoms with van der Waals surface area (Å²) in [5.74, 6) is -0.125. The molecular formula is C18H16N2O. The van der Waals surface area contributed by atoms with Gasteiger partial charge in [0.1, 0.15) is 0 Å². The lowest BCUT2D eigenvalue weighted by Crippen LogP contribution is -2.14. The van der Waals surface area contributed by atoms with Crippen LogP contribution >= 0.6 is 0 Å². The number of aryl methyl sites for hydroxylation is 1. The lowest BCUT2D eigenvalue weighted by molar-refractivity contribution is 0.102. The van der Waals surface area contributed by atoms with Gasteiger partial charge in [-0.1, -0.05) is 43.3 Å². The second-order valence-electron chi connectivity index (χ2n) is 4.85. The number of benzene rings is 2. The van der Waals surface area contributed by atoms with Crippen molar-refractivity contribution in [2.75, 3.05) is 5.32 Å². The Morgan fingerprint density at radius 3 is 2.71 bits per heavy atom. The van der Waals surface area contributed by atoms with Crippen LogP contribution in [0.3, 0.4) is 0 Å². The van der Waals surface area contributed by atoms with Crippen LogP contribution in [0.5, 0.6) is 0 Å². The number of pyridine rings is 1. The normalized spacial score (nSPS) is 10.5. The minimum atomic E-state index is -0.125. The van der Waals surface area contributed by atoms with Crippen LogP contribution in [0.1, 0.15) is 22.8 Å². The fraction of sp³-hybridized carbons (Fsp3) is 0.111. The molecule has 0 spiro atoms. The number of para-hydroxylation sites is 2. The molecule has 0 fully saturated rings. The zero-order chi connectivity index (χ0) is 14.7. The lowest BCUT2D eigenvalue weighted by atomic mass is 10.1. The maximum absolute atomic E-state index is 12.5. The first-order chi connectivity index (χ1) is 10.3. The van der Waals surface area contributed by atoms with E-state index in [4.69, 9.17) is 0 Å². The zero-order valence-electron chi connectivity index (χ0n) is 11.8. The minimum Gasteiger partial charge on any atom is -0.322 e. The Bertz CT molecular complexity index is 791. The Hall–Kier alpha value is -2.68. The molecule has 3 rings (SSSR count). The fourth-order valence-electron chi connectivity index (χ4n) is 2.43. The van der Waals surface area contributed by atoms with E-state index in [-0.39, 0.29) is 5.91 Å². The first kappa shape index (κ1) is 13.3. The zero-order valence-corrected chi connectivity index (χ0v) is 11.8. The number of aromatic nitrogens is 1. The summed E-state index contributed by atoms with van der Waals surface area (Å²) in [5.41, 5.74) is 3.31. The van der Waals surface area contributed by atoms with E-state index in [1.807, 2.05) is 48.5 Å². The van der Waals surface area contributed by atoms with Crippen LogP contribution < -0.4 is 5.32 Å². The number of amides is 1. The van der Waals surface area contributed by atoms with Gasteiger partial charge >= 0.3 is 0 Å². The average Bonchev–Trinajstić information content (AvgIpc) is 2.54. The van der Waals surface area contributed by atoms with Crippen LogP contribution in [0.25, 0.3) is 10.9 Å². The van der Waals surface area contributed by atoms with Gasteiger partial charge in [0.25, 0.3) is 5.91 Å². The van der Waals surface area contributed by atoms with E-state index < -0.39 is 0 Å². The molecule has 104 valence electrons. The Kier molecular flexibility index (Phi) is 3.65. The molecule has 3 aromatic rings. The first-order valence-electron chi connectivity index (χ1n) is 7.02. The topological polar surface area (TPSA) is 42.0 Å². The molecule has 0 atom stereocenters. The van der Waals surface area contributed by atoms with Crippen molar-refractivity contribution >= 4 is 22.5 Å². The van der Waals surface area contributed by atoms with E-state index in [1.54, 1.807) is 12.3 Å². The molecule has 0 aliphatic heterocycles. The summed E-state index contributed by atoms with van der Waals surface area (Å²) in [4.78, 5) is 16.9. The monoisotopic (exact) mass is 276 g/mol. The van der Waals surface area contributed by atoms with E-state index >= 15 is 0 Å². The van der Waals surface area contributed by atoms with Gasteiger partial charge in [-0.3, -0.25) is 9.78 Å². The maximum Gasteiger partial charge on any atom is 0.257 e. The summed E-state index contributed by atoms with van der Waals surface area (Å²) < 4.78 is 0. The van der Waals surface area contributed by atoms with Gasteiger partial charge in [-0.25, -0.2) is 0 Å². The van der Waals surface area contributed by atoms with Crippen molar-refractivity contribution in [1.82, 2.24) is 4.98 Å². The van der Waals surface area contributed by atoms with Gasteiger partial charge in [-0.05, 0) is 30.2 Å².